The van der Waals surface area contributed by atoms with Gasteiger partial charge in [-0.2, -0.15) is 4.39 Å². The van der Waals surface area contributed by atoms with Gasteiger partial charge in [0.25, 0.3) is 5.56 Å². The minimum atomic E-state index is -1.34. The Balaban J connectivity index is 2.56. The van der Waals surface area contributed by atoms with Crippen molar-refractivity contribution >= 4 is 0 Å². The lowest BCUT2D eigenvalue weighted by Crippen LogP contribution is -2.37. The maximum absolute atomic E-state index is 13.3. The fourth-order valence-corrected chi connectivity index (χ4v) is 2.30. The predicted octanol–water partition coefficient (Wildman–Crippen LogP) is 0.121. The van der Waals surface area contributed by atoms with E-state index in [-0.39, 0.29) is 6.10 Å². The zero-order valence-corrected chi connectivity index (χ0v) is 9.27. The van der Waals surface area contributed by atoms with Crippen LogP contribution < -0.4 is 11.2 Å². The summed E-state index contributed by atoms with van der Waals surface area (Å²) in [7, 11) is 1.49. The average molecular weight is 244 g/mol. The van der Waals surface area contributed by atoms with E-state index in [1.807, 2.05) is 4.98 Å². The van der Waals surface area contributed by atoms with Crippen molar-refractivity contribution in [3.8, 4) is 5.88 Å². The number of ether oxygens (including phenoxy) is 1. The van der Waals surface area contributed by atoms with Crippen molar-refractivity contribution in [3.63, 3.8) is 0 Å². The lowest BCUT2D eigenvalue weighted by molar-refractivity contribution is 0.0696. The summed E-state index contributed by atoms with van der Waals surface area (Å²) in [5.74, 6) is -2.26. The van der Waals surface area contributed by atoms with Gasteiger partial charge in [0, 0.05) is 7.11 Å². The molecule has 0 radical (unpaired) electrons. The van der Waals surface area contributed by atoms with E-state index in [4.69, 9.17) is 4.74 Å². The number of rotatable bonds is 2. The Labute approximate surface area is 95.7 Å². The van der Waals surface area contributed by atoms with Crippen molar-refractivity contribution in [2.24, 2.45) is 0 Å². The first kappa shape index (κ1) is 11.8. The second-order valence-electron chi connectivity index (χ2n) is 4.04. The largest absolute Gasteiger partial charge is 0.492 e. The third-order valence-electron chi connectivity index (χ3n) is 3.12. The summed E-state index contributed by atoms with van der Waals surface area (Å²) in [6.07, 6.45) is 1.88. The van der Waals surface area contributed by atoms with Crippen molar-refractivity contribution in [3.05, 3.63) is 26.7 Å². The first-order valence-corrected chi connectivity index (χ1v) is 5.32. The van der Waals surface area contributed by atoms with Gasteiger partial charge in [-0.15, -0.1) is 0 Å². The molecule has 0 bridgehead atoms. The van der Waals surface area contributed by atoms with Crippen LogP contribution in [0.25, 0.3) is 0 Å². The highest BCUT2D eigenvalue weighted by molar-refractivity contribution is 5.12. The maximum Gasteiger partial charge on any atom is 0.331 e. The highest BCUT2D eigenvalue weighted by atomic mass is 19.1. The number of nitrogens with one attached hydrogen (secondary N) is 1. The number of hydrogen-bond donors (Lipinski definition) is 2. The van der Waals surface area contributed by atoms with Crippen LogP contribution in [0, 0.1) is 5.82 Å². The first-order valence-electron chi connectivity index (χ1n) is 5.32. The molecule has 2 atom stereocenters. The number of halogens is 1. The first-order chi connectivity index (χ1) is 8.06. The SMILES string of the molecule is COC1CCCC1n1c(O)c(F)c(=O)[nH]c1=O. The van der Waals surface area contributed by atoms with Crippen molar-refractivity contribution < 1.29 is 14.2 Å². The number of aromatic amines is 1. The summed E-state index contributed by atoms with van der Waals surface area (Å²) in [5, 5.41) is 9.55. The van der Waals surface area contributed by atoms with Gasteiger partial charge in [-0.3, -0.25) is 14.3 Å². The molecule has 0 amide bonds. The Morgan fingerprint density at radius 3 is 2.82 bits per heavy atom. The van der Waals surface area contributed by atoms with E-state index in [2.05, 4.69) is 0 Å². The minimum Gasteiger partial charge on any atom is -0.492 e. The second-order valence-corrected chi connectivity index (χ2v) is 4.04. The van der Waals surface area contributed by atoms with Crippen molar-refractivity contribution in [1.82, 2.24) is 9.55 Å². The van der Waals surface area contributed by atoms with Crippen LogP contribution in [0.4, 0.5) is 4.39 Å². The summed E-state index contributed by atoms with van der Waals surface area (Å²) >= 11 is 0. The summed E-state index contributed by atoms with van der Waals surface area (Å²) in [6, 6.07) is -0.446. The molecule has 17 heavy (non-hydrogen) atoms. The highest BCUT2D eigenvalue weighted by Crippen LogP contribution is 2.33. The zero-order valence-electron chi connectivity index (χ0n) is 9.27. The molecule has 1 aromatic rings. The fraction of sp³-hybridized carbons (Fsp3) is 0.600. The van der Waals surface area contributed by atoms with Gasteiger partial charge >= 0.3 is 5.69 Å². The Bertz CT molecular complexity index is 536. The second kappa shape index (κ2) is 4.33. The van der Waals surface area contributed by atoms with Crippen molar-refractivity contribution in [1.29, 1.82) is 0 Å². The quantitative estimate of drug-likeness (QED) is 0.774. The Morgan fingerprint density at radius 1 is 1.47 bits per heavy atom. The number of hydrogen-bond acceptors (Lipinski definition) is 4. The molecular formula is C10H13FN2O4. The minimum absolute atomic E-state index is 0.260. The van der Waals surface area contributed by atoms with Crippen LogP contribution in [-0.4, -0.2) is 27.9 Å². The smallest absolute Gasteiger partial charge is 0.331 e. The molecule has 0 aliphatic heterocycles. The lowest BCUT2D eigenvalue weighted by atomic mass is 10.2. The van der Waals surface area contributed by atoms with Gasteiger partial charge in [-0.25, -0.2) is 4.79 Å². The van der Waals surface area contributed by atoms with Crippen molar-refractivity contribution in [2.45, 2.75) is 31.4 Å². The van der Waals surface area contributed by atoms with Gasteiger partial charge < -0.3 is 9.84 Å². The average Bonchev–Trinajstić information content (AvgIpc) is 2.74. The van der Waals surface area contributed by atoms with Gasteiger partial charge in [-0.05, 0) is 19.3 Å². The van der Waals surface area contributed by atoms with Crippen LogP contribution in [0.15, 0.2) is 9.59 Å². The molecule has 2 N–H and O–H groups in total. The number of H-pyrrole nitrogens is 1. The Morgan fingerprint density at radius 2 is 2.18 bits per heavy atom. The molecule has 7 heteroatoms. The molecule has 6 nitrogen and oxygen atoms in total. The van der Waals surface area contributed by atoms with E-state index in [0.29, 0.717) is 6.42 Å². The summed E-state index contributed by atoms with van der Waals surface area (Å²) < 4.78 is 19.3. The fourth-order valence-electron chi connectivity index (χ4n) is 2.30. The molecule has 0 aromatic carbocycles. The van der Waals surface area contributed by atoms with Gasteiger partial charge in [0.1, 0.15) is 0 Å². The van der Waals surface area contributed by atoms with Gasteiger partial charge in [0.2, 0.25) is 11.7 Å². The van der Waals surface area contributed by atoms with E-state index in [1.54, 1.807) is 0 Å². The summed E-state index contributed by atoms with van der Waals surface area (Å²) in [4.78, 5) is 24.4. The van der Waals surface area contributed by atoms with Gasteiger partial charge in [0.15, 0.2) is 0 Å². The van der Waals surface area contributed by atoms with E-state index in [0.717, 1.165) is 17.4 Å². The molecule has 0 saturated heterocycles. The number of aromatic hydroxyl groups is 1. The molecule has 2 unspecified atom stereocenters. The molecule has 94 valence electrons. The third kappa shape index (κ3) is 1.86. The van der Waals surface area contributed by atoms with E-state index >= 15 is 0 Å². The Hall–Kier alpha value is -1.63. The molecule has 1 fully saturated rings. The molecule has 1 aliphatic rings. The number of methoxy groups -OCH3 is 1. The predicted molar refractivity (Wildman–Crippen MR) is 56.6 cm³/mol. The molecule has 0 spiro atoms. The lowest BCUT2D eigenvalue weighted by Gasteiger charge is -2.21. The number of nitrogens with zero attached hydrogens (tertiary/aromatic N) is 1. The van der Waals surface area contributed by atoms with Crippen LogP contribution in [-0.2, 0) is 4.74 Å². The van der Waals surface area contributed by atoms with E-state index in [9.17, 15) is 19.1 Å². The Kier molecular flexibility index (Phi) is 3.01. The third-order valence-corrected chi connectivity index (χ3v) is 3.12. The molecule has 1 heterocycles. The maximum atomic E-state index is 13.3. The van der Waals surface area contributed by atoms with Gasteiger partial charge in [0.05, 0.1) is 12.1 Å². The van der Waals surface area contributed by atoms with E-state index in [1.165, 1.54) is 7.11 Å². The van der Waals surface area contributed by atoms with Crippen LogP contribution in [0.2, 0.25) is 0 Å². The van der Waals surface area contributed by atoms with Crippen LogP contribution in [0.5, 0.6) is 5.88 Å². The topological polar surface area (TPSA) is 84.3 Å². The van der Waals surface area contributed by atoms with Crippen LogP contribution in [0.3, 0.4) is 0 Å². The molecule has 1 aromatic heterocycles. The molecule has 1 saturated carbocycles. The zero-order chi connectivity index (χ0) is 12.6. The summed E-state index contributed by atoms with van der Waals surface area (Å²) in [5.41, 5.74) is -2.03. The molecule has 2 rings (SSSR count). The monoisotopic (exact) mass is 244 g/mol. The van der Waals surface area contributed by atoms with E-state index < -0.39 is 29.0 Å². The standard InChI is InChI=1S/C10H13FN2O4/c1-17-6-4-2-3-5(6)13-9(15)7(11)8(14)12-10(13)16/h5-6,15H,2-4H2,1H3,(H,12,14,16). The highest BCUT2D eigenvalue weighted by Gasteiger charge is 2.32. The number of aromatic nitrogens is 2. The van der Waals surface area contributed by atoms with Crippen LogP contribution in [0.1, 0.15) is 25.3 Å². The van der Waals surface area contributed by atoms with Gasteiger partial charge in [-0.1, -0.05) is 0 Å². The molecular weight excluding hydrogens is 231 g/mol. The van der Waals surface area contributed by atoms with Crippen molar-refractivity contribution in [2.75, 3.05) is 7.11 Å². The molecule has 1 aliphatic carbocycles. The normalized spacial score (nSPS) is 24.1. The van der Waals surface area contributed by atoms with Crippen LogP contribution >= 0.6 is 0 Å². The summed E-state index contributed by atoms with van der Waals surface area (Å²) in [6.45, 7) is 0.